The lowest BCUT2D eigenvalue weighted by Gasteiger charge is -2.17. The average molecular weight is 221 g/mol. The molecule has 1 atom stereocenters. The fourth-order valence-corrected chi connectivity index (χ4v) is 1.18. The molecular weight excluding hydrogens is 207 g/mol. The Morgan fingerprint density at radius 3 is 2.60 bits per heavy atom. The monoisotopic (exact) mass is 221 g/mol. The first kappa shape index (κ1) is 12.2. The maximum Gasteiger partial charge on any atom is 0.432 e. The van der Waals surface area contributed by atoms with Crippen LogP contribution in [0.2, 0.25) is 0 Å². The van der Waals surface area contributed by atoms with Crippen LogP contribution in [0.5, 0.6) is 0 Å². The molecule has 0 amide bonds. The molecule has 0 spiro atoms. The van der Waals surface area contributed by atoms with E-state index >= 15 is 0 Å². The maximum atomic E-state index is 12.2. The summed E-state index contributed by atoms with van der Waals surface area (Å²) in [6, 6.07) is 0. The van der Waals surface area contributed by atoms with E-state index in [1.165, 1.54) is 6.21 Å². The van der Waals surface area contributed by atoms with Crippen LogP contribution in [0.1, 0.15) is 20.3 Å². The van der Waals surface area contributed by atoms with E-state index < -0.39 is 11.9 Å². The van der Waals surface area contributed by atoms with E-state index in [1.807, 2.05) is 13.8 Å². The summed E-state index contributed by atoms with van der Waals surface area (Å²) in [6.07, 6.45) is -1.46. The third-order valence-electron chi connectivity index (χ3n) is 1.97. The predicted octanol–water partition coefficient (Wildman–Crippen LogP) is 2.95. The molecule has 1 unspecified atom stereocenters. The highest BCUT2D eigenvalue weighted by Crippen LogP contribution is 2.29. The molecule has 1 rings (SSSR count). The minimum Gasteiger partial charge on any atom is -0.378 e. The number of halogens is 3. The number of hydrogen-bond acceptors (Lipinski definition) is 2. The predicted molar refractivity (Wildman–Crippen MR) is 51.8 cm³/mol. The normalized spacial score (nSPS) is 22.0. The molecule has 0 aromatic heterocycles. The summed E-state index contributed by atoms with van der Waals surface area (Å²) in [5.41, 5.74) is -0.803. The van der Waals surface area contributed by atoms with Gasteiger partial charge in [-0.3, -0.25) is 4.99 Å². The van der Waals surface area contributed by atoms with Gasteiger partial charge in [-0.1, -0.05) is 6.08 Å². The number of aliphatic imine (C=N–C) groups is 1. The van der Waals surface area contributed by atoms with E-state index in [0.717, 1.165) is 6.08 Å². The van der Waals surface area contributed by atoms with Gasteiger partial charge in [-0.2, -0.15) is 13.2 Å². The molecule has 0 saturated carbocycles. The fraction of sp³-hybridized carbons (Fsp3) is 0.700. The number of nitrogens with zero attached hydrogens (tertiary/aromatic N) is 1. The molecule has 0 aliphatic carbocycles. The summed E-state index contributed by atoms with van der Waals surface area (Å²) in [7, 11) is 0. The van der Waals surface area contributed by atoms with Crippen molar-refractivity contribution in [3.63, 3.8) is 0 Å². The van der Waals surface area contributed by atoms with Crippen molar-refractivity contribution in [1.82, 2.24) is 0 Å². The zero-order chi connectivity index (χ0) is 11.5. The SMILES string of the molecule is CC(C)OCC1C=NC(C(F)(F)F)=CC1. The van der Waals surface area contributed by atoms with Crippen LogP contribution < -0.4 is 0 Å². The molecule has 1 aliphatic rings. The van der Waals surface area contributed by atoms with Crippen LogP contribution in [0, 0.1) is 5.92 Å². The lowest BCUT2D eigenvalue weighted by atomic mass is 10.0. The molecule has 0 aromatic rings. The Morgan fingerprint density at radius 1 is 1.53 bits per heavy atom. The Morgan fingerprint density at radius 2 is 2.20 bits per heavy atom. The Balaban J connectivity index is 2.43. The van der Waals surface area contributed by atoms with Gasteiger partial charge in [0.2, 0.25) is 0 Å². The van der Waals surface area contributed by atoms with Crippen LogP contribution in [-0.2, 0) is 4.74 Å². The van der Waals surface area contributed by atoms with Crippen LogP contribution in [0.4, 0.5) is 13.2 Å². The first-order chi connectivity index (χ1) is 6.89. The van der Waals surface area contributed by atoms with Gasteiger partial charge in [-0.25, -0.2) is 0 Å². The largest absolute Gasteiger partial charge is 0.432 e. The molecule has 5 heteroatoms. The minimum absolute atomic E-state index is 0.0431. The summed E-state index contributed by atoms with van der Waals surface area (Å²) in [5, 5.41) is 0. The summed E-state index contributed by atoms with van der Waals surface area (Å²) < 4.78 is 41.8. The first-order valence-corrected chi connectivity index (χ1v) is 4.82. The quantitative estimate of drug-likeness (QED) is 0.718. The van der Waals surface area contributed by atoms with Gasteiger partial charge in [0, 0.05) is 12.1 Å². The molecule has 1 heterocycles. The highest BCUT2D eigenvalue weighted by atomic mass is 19.4. The Labute approximate surface area is 86.8 Å². The molecular formula is C10H14F3NO. The molecule has 0 saturated heterocycles. The molecule has 0 bridgehead atoms. The summed E-state index contributed by atoms with van der Waals surface area (Å²) in [4.78, 5) is 3.39. The number of alkyl halides is 3. The molecule has 86 valence electrons. The highest BCUT2D eigenvalue weighted by Gasteiger charge is 2.34. The van der Waals surface area contributed by atoms with Gasteiger partial charge in [-0.15, -0.1) is 0 Å². The van der Waals surface area contributed by atoms with Crippen molar-refractivity contribution in [3.05, 3.63) is 11.8 Å². The summed E-state index contributed by atoms with van der Waals surface area (Å²) >= 11 is 0. The summed E-state index contributed by atoms with van der Waals surface area (Å²) in [6.45, 7) is 4.19. The van der Waals surface area contributed by atoms with Gasteiger partial charge in [0.1, 0.15) is 5.70 Å². The van der Waals surface area contributed by atoms with Gasteiger partial charge >= 0.3 is 6.18 Å². The smallest absolute Gasteiger partial charge is 0.378 e. The third-order valence-corrected chi connectivity index (χ3v) is 1.97. The van der Waals surface area contributed by atoms with E-state index in [2.05, 4.69) is 4.99 Å². The van der Waals surface area contributed by atoms with Gasteiger partial charge < -0.3 is 4.74 Å². The Hall–Kier alpha value is -0.840. The lowest BCUT2D eigenvalue weighted by molar-refractivity contribution is -0.0929. The topological polar surface area (TPSA) is 21.6 Å². The third kappa shape index (κ3) is 4.03. The van der Waals surface area contributed by atoms with Gasteiger partial charge in [0.05, 0.1) is 12.7 Å². The van der Waals surface area contributed by atoms with Crippen molar-refractivity contribution in [1.29, 1.82) is 0 Å². The Kier molecular flexibility index (Phi) is 3.90. The van der Waals surface area contributed by atoms with Crippen molar-refractivity contribution >= 4 is 6.21 Å². The average Bonchev–Trinajstić information content (AvgIpc) is 2.14. The van der Waals surface area contributed by atoms with E-state index in [9.17, 15) is 13.2 Å². The first-order valence-electron chi connectivity index (χ1n) is 4.82. The number of allylic oxidation sites excluding steroid dienone is 2. The molecule has 0 fully saturated rings. The van der Waals surface area contributed by atoms with E-state index in [-0.39, 0.29) is 12.0 Å². The number of rotatable bonds is 3. The maximum absolute atomic E-state index is 12.2. The second kappa shape index (κ2) is 4.79. The van der Waals surface area contributed by atoms with Crippen LogP contribution in [0.25, 0.3) is 0 Å². The second-order valence-electron chi connectivity index (χ2n) is 3.74. The van der Waals surface area contributed by atoms with Crippen LogP contribution >= 0.6 is 0 Å². The number of ether oxygens (including phenoxy) is 1. The van der Waals surface area contributed by atoms with E-state index in [1.54, 1.807) is 0 Å². The molecule has 0 aromatic carbocycles. The zero-order valence-electron chi connectivity index (χ0n) is 8.71. The highest BCUT2D eigenvalue weighted by molar-refractivity contribution is 5.64. The molecule has 2 nitrogen and oxygen atoms in total. The van der Waals surface area contributed by atoms with Gasteiger partial charge in [0.25, 0.3) is 0 Å². The lowest BCUT2D eigenvalue weighted by Crippen LogP contribution is -2.20. The minimum atomic E-state index is -4.33. The summed E-state index contributed by atoms with van der Waals surface area (Å²) in [5.74, 6) is -0.0431. The standard InChI is InChI=1S/C10H14F3NO/c1-7(2)15-6-8-3-4-9(14-5-8)10(11,12)13/h4-5,7-8H,3,6H2,1-2H3. The van der Waals surface area contributed by atoms with E-state index in [0.29, 0.717) is 13.0 Å². The fourth-order valence-electron chi connectivity index (χ4n) is 1.18. The van der Waals surface area contributed by atoms with Crippen molar-refractivity contribution in [2.45, 2.75) is 32.5 Å². The molecule has 15 heavy (non-hydrogen) atoms. The van der Waals surface area contributed by atoms with Crippen molar-refractivity contribution in [2.24, 2.45) is 10.9 Å². The van der Waals surface area contributed by atoms with Crippen LogP contribution in [0.15, 0.2) is 16.8 Å². The van der Waals surface area contributed by atoms with Crippen molar-refractivity contribution in [3.8, 4) is 0 Å². The van der Waals surface area contributed by atoms with Crippen molar-refractivity contribution < 1.29 is 17.9 Å². The van der Waals surface area contributed by atoms with Gasteiger partial charge in [0.15, 0.2) is 0 Å². The number of hydrogen-bond donors (Lipinski definition) is 0. The van der Waals surface area contributed by atoms with Crippen LogP contribution in [0.3, 0.4) is 0 Å². The van der Waals surface area contributed by atoms with Crippen LogP contribution in [-0.4, -0.2) is 25.1 Å². The molecule has 1 aliphatic heterocycles. The molecule has 0 N–H and O–H groups in total. The Bertz CT molecular complexity index is 268. The zero-order valence-corrected chi connectivity index (χ0v) is 8.71. The van der Waals surface area contributed by atoms with Gasteiger partial charge in [-0.05, 0) is 20.3 Å². The second-order valence-corrected chi connectivity index (χ2v) is 3.74. The van der Waals surface area contributed by atoms with E-state index in [4.69, 9.17) is 4.74 Å². The molecule has 0 radical (unpaired) electrons. The van der Waals surface area contributed by atoms with Crippen molar-refractivity contribution in [2.75, 3.05) is 6.61 Å².